The van der Waals surface area contributed by atoms with E-state index in [2.05, 4.69) is 9.46 Å². The molecule has 118 valence electrons. The number of methoxy groups -OCH3 is 2. The first kappa shape index (κ1) is 16.2. The fourth-order valence-electron chi connectivity index (χ4n) is 1.61. The lowest BCUT2D eigenvalue weighted by atomic mass is 10.3. The van der Waals surface area contributed by atoms with Gasteiger partial charge in [-0.25, -0.2) is 17.6 Å². The number of ether oxygens (including phenoxy) is 2. The van der Waals surface area contributed by atoms with Gasteiger partial charge in [0.1, 0.15) is 9.88 Å². The van der Waals surface area contributed by atoms with Crippen molar-refractivity contribution in [2.75, 3.05) is 18.9 Å². The minimum atomic E-state index is -3.97. The zero-order valence-electron chi connectivity index (χ0n) is 11.6. The molecule has 0 radical (unpaired) electrons. The van der Waals surface area contributed by atoms with Crippen molar-refractivity contribution in [2.24, 2.45) is 0 Å². The van der Waals surface area contributed by atoms with E-state index in [4.69, 9.17) is 4.74 Å². The normalized spacial score (nSPS) is 11.0. The molecule has 2 rings (SSSR count). The van der Waals surface area contributed by atoms with Gasteiger partial charge in [0.2, 0.25) is 0 Å². The molecule has 0 saturated carbocycles. The Labute approximate surface area is 130 Å². The van der Waals surface area contributed by atoms with Crippen LogP contribution in [0.2, 0.25) is 0 Å². The van der Waals surface area contributed by atoms with Crippen molar-refractivity contribution in [3.63, 3.8) is 0 Å². The molecule has 0 amide bonds. The van der Waals surface area contributed by atoms with Crippen LogP contribution in [0.15, 0.2) is 35.2 Å². The highest BCUT2D eigenvalue weighted by Crippen LogP contribution is 2.27. The fourth-order valence-corrected chi connectivity index (χ4v) is 3.74. The van der Waals surface area contributed by atoms with Crippen LogP contribution in [-0.4, -0.2) is 28.6 Å². The van der Waals surface area contributed by atoms with E-state index in [0.717, 1.165) is 17.4 Å². The molecule has 1 N–H and O–H groups in total. The van der Waals surface area contributed by atoms with E-state index >= 15 is 0 Å². The second-order valence-electron chi connectivity index (χ2n) is 4.06. The molecule has 0 bridgehead atoms. The van der Waals surface area contributed by atoms with Gasteiger partial charge >= 0.3 is 5.97 Å². The third kappa shape index (κ3) is 3.37. The van der Waals surface area contributed by atoms with Crippen LogP contribution < -0.4 is 9.46 Å². The van der Waals surface area contributed by atoms with Crippen molar-refractivity contribution in [2.45, 2.75) is 4.90 Å². The average Bonchev–Trinajstić information content (AvgIpc) is 2.94. The van der Waals surface area contributed by atoms with E-state index in [-0.39, 0.29) is 20.5 Å². The lowest BCUT2D eigenvalue weighted by Crippen LogP contribution is -2.12. The van der Waals surface area contributed by atoms with Crippen molar-refractivity contribution in [1.82, 2.24) is 0 Å². The van der Waals surface area contributed by atoms with Gasteiger partial charge in [0.25, 0.3) is 10.0 Å². The van der Waals surface area contributed by atoms with Gasteiger partial charge in [0.15, 0.2) is 11.6 Å². The van der Waals surface area contributed by atoms with E-state index < -0.39 is 21.8 Å². The number of sulfonamides is 1. The van der Waals surface area contributed by atoms with Crippen molar-refractivity contribution >= 4 is 32.3 Å². The van der Waals surface area contributed by atoms with Crippen LogP contribution in [0, 0.1) is 5.82 Å². The molecule has 0 aliphatic carbocycles. The van der Waals surface area contributed by atoms with E-state index in [1.54, 1.807) is 0 Å². The number of carbonyl (C=O) groups excluding carboxylic acids is 1. The summed E-state index contributed by atoms with van der Waals surface area (Å²) < 4.78 is 49.5. The number of rotatable bonds is 5. The van der Waals surface area contributed by atoms with Gasteiger partial charge in [0, 0.05) is 0 Å². The minimum Gasteiger partial charge on any atom is -0.494 e. The number of anilines is 1. The Morgan fingerprint density at radius 3 is 2.55 bits per heavy atom. The van der Waals surface area contributed by atoms with Gasteiger partial charge in [-0.3, -0.25) is 4.72 Å². The summed E-state index contributed by atoms with van der Waals surface area (Å²) in [4.78, 5) is 11.3. The summed E-state index contributed by atoms with van der Waals surface area (Å²) in [7, 11) is -1.46. The second kappa shape index (κ2) is 6.32. The average molecular weight is 345 g/mol. The topological polar surface area (TPSA) is 81.7 Å². The van der Waals surface area contributed by atoms with Crippen LogP contribution in [0.25, 0.3) is 0 Å². The summed E-state index contributed by atoms with van der Waals surface area (Å²) in [5.41, 5.74) is 0. The van der Waals surface area contributed by atoms with Crippen LogP contribution in [0.5, 0.6) is 5.75 Å². The monoisotopic (exact) mass is 345 g/mol. The number of halogens is 1. The largest absolute Gasteiger partial charge is 0.494 e. The summed E-state index contributed by atoms with van der Waals surface area (Å²) in [5, 5.41) is 0.219. The maximum Gasteiger partial charge on any atom is 0.348 e. The highest BCUT2D eigenvalue weighted by Gasteiger charge is 2.19. The van der Waals surface area contributed by atoms with Crippen molar-refractivity contribution < 1.29 is 27.1 Å². The molecular weight excluding hydrogens is 333 g/mol. The molecule has 0 atom stereocenters. The Kier molecular flexibility index (Phi) is 4.67. The van der Waals surface area contributed by atoms with Gasteiger partial charge < -0.3 is 9.47 Å². The number of carbonyl (C=O) groups is 1. The van der Waals surface area contributed by atoms with Crippen molar-refractivity contribution in [1.29, 1.82) is 0 Å². The maximum atomic E-state index is 13.6. The Bertz CT molecular complexity index is 801. The summed E-state index contributed by atoms with van der Waals surface area (Å²) in [5.74, 6) is -1.40. The van der Waals surface area contributed by atoms with E-state index in [9.17, 15) is 17.6 Å². The molecular formula is C13H12FNO5S2. The van der Waals surface area contributed by atoms with Gasteiger partial charge in [-0.1, -0.05) is 0 Å². The quantitative estimate of drug-likeness (QED) is 0.842. The van der Waals surface area contributed by atoms with Crippen LogP contribution in [-0.2, 0) is 14.8 Å². The van der Waals surface area contributed by atoms with E-state index in [1.807, 2.05) is 0 Å². The summed E-state index contributed by atoms with van der Waals surface area (Å²) in [6.45, 7) is 0. The predicted molar refractivity (Wildman–Crippen MR) is 79.4 cm³/mol. The fraction of sp³-hybridized carbons (Fsp3) is 0.154. The molecule has 6 nitrogen and oxygen atoms in total. The molecule has 0 saturated heterocycles. The van der Waals surface area contributed by atoms with E-state index in [0.29, 0.717) is 0 Å². The lowest BCUT2D eigenvalue weighted by molar-refractivity contribution is 0.0606. The Morgan fingerprint density at radius 1 is 1.23 bits per heavy atom. The number of thiophene rings is 1. The molecule has 9 heteroatoms. The minimum absolute atomic E-state index is 0.0527. The number of hydrogen-bond donors (Lipinski definition) is 1. The molecule has 1 aromatic heterocycles. The first-order chi connectivity index (χ1) is 10.4. The van der Waals surface area contributed by atoms with Crippen LogP contribution in [0.4, 0.5) is 9.39 Å². The molecule has 1 aromatic carbocycles. The third-order valence-corrected chi connectivity index (χ3v) is 5.13. The van der Waals surface area contributed by atoms with Crippen LogP contribution in [0.3, 0.4) is 0 Å². The van der Waals surface area contributed by atoms with Gasteiger partial charge in [-0.2, -0.15) is 0 Å². The van der Waals surface area contributed by atoms with Crippen LogP contribution in [0.1, 0.15) is 9.67 Å². The molecule has 1 heterocycles. The number of benzene rings is 1. The Morgan fingerprint density at radius 2 is 1.95 bits per heavy atom. The van der Waals surface area contributed by atoms with Gasteiger partial charge in [0.05, 0.1) is 19.1 Å². The molecule has 0 fully saturated rings. The zero-order chi connectivity index (χ0) is 16.3. The summed E-state index contributed by atoms with van der Waals surface area (Å²) >= 11 is 0.916. The third-order valence-electron chi connectivity index (χ3n) is 2.66. The maximum absolute atomic E-state index is 13.6. The summed E-state index contributed by atoms with van der Waals surface area (Å²) in [6, 6.07) is 6.16. The van der Waals surface area contributed by atoms with Gasteiger partial charge in [-0.15, -0.1) is 11.3 Å². The Balaban J connectivity index is 2.26. The molecule has 0 unspecified atom stereocenters. The molecule has 0 aliphatic rings. The number of nitrogens with one attached hydrogen (secondary N) is 1. The smallest absolute Gasteiger partial charge is 0.348 e. The number of esters is 1. The highest BCUT2D eigenvalue weighted by molar-refractivity contribution is 7.93. The first-order valence-electron chi connectivity index (χ1n) is 5.92. The highest BCUT2D eigenvalue weighted by atomic mass is 32.2. The van der Waals surface area contributed by atoms with Crippen LogP contribution >= 0.6 is 11.3 Å². The van der Waals surface area contributed by atoms with Crippen molar-refractivity contribution in [3.05, 3.63) is 41.0 Å². The summed E-state index contributed by atoms with van der Waals surface area (Å²) in [6.07, 6.45) is 0. The lowest BCUT2D eigenvalue weighted by Gasteiger charge is -2.07. The SMILES string of the molecule is COC(=O)c1ccc(NS(=O)(=O)c2ccc(OC)c(F)c2)s1. The molecule has 22 heavy (non-hydrogen) atoms. The second-order valence-corrected chi connectivity index (χ2v) is 6.82. The van der Waals surface area contributed by atoms with Gasteiger partial charge in [-0.05, 0) is 30.3 Å². The zero-order valence-corrected chi connectivity index (χ0v) is 13.3. The molecule has 0 aliphatic heterocycles. The van der Waals surface area contributed by atoms with E-state index in [1.165, 1.54) is 38.5 Å². The molecule has 2 aromatic rings. The first-order valence-corrected chi connectivity index (χ1v) is 8.22. The standard InChI is InChI=1S/C13H12FNO5S2/c1-19-10-4-3-8(7-9(10)14)22(17,18)15-12-6-5-11(21-12)13(16)20-2/h3-7,15H,1-2H3. The molecule has 0 spiro atoms. The predicted octanol–water partition coefficient (Wildman–Crippen LogP) is 2.48. The van der Waals surface area contributed by atoms with Crippen molar-refractivity contribution in [3.8, 4) is 5.75 Å². The number of hydrogen-bond acceptors (Lipinski definition) is 6. The Hall–Kier alpha value is -2.13.